The molecule has 13 heteroatoms. The van der Waals surface area contributed by atoms with Gasteiger partial charge >= 0.3 is 5.97 Å². The number of carbonyl (C=O) groups excluding carboxylic acids is 1. The standard InChI is InChI=1S/C22H26ClN7O5/c1-2-29-14-6-5-12(35-11-17(31)32)8-15(14)30(10-13-4-3-7-34-13)16(29)9-26-22(33)18-20(24)28-21(25)19(23)27-18/h5-6,8,13H,2-4,7,9-11H2,1H3,(H5-,24,25,26,28,31,32,33)/p+1/t13-/m0/s1. The van der Waals surface area contributed by atoms with Gasteiger partial charge in [-0.1, -0.05) is 11.6 Å². The number of nitrogen functional groups attached to an aromatic ring is 2. The predicted octanol–water partition coefficient (Wildman–Crippen LogP) is 1.13. The van der Waals surface area contributed by atoms with Crippen molar-refractivity contribution in [3.05, 3.63) is 34.9 Å². The molecule has 1 aliphatic rings. The van der Waals surface area contributed by atoms with Crippen LogP contribution in [0.3, 0.4) is 0 Å². The van der Waals surface area contributed by atoms with Gasteiger partial charge in [-0.3, -0.25) is 4.79 Å². The first-order chi connectivity index (χ1) is 16.8. The van der Waals surface area contributed by atoms with Crippen LogP contribution in [-0.2, 0) is 29.2 Å². The number of carbonyl (C=O) groups is 2. The van der Waals surface area contributed by atoms with E-state index in [4.69, 9.17) is 37.6 Å². The maximum Gasteiger partial charge on any atom is 0.341 e. The Balaban J connectivity index is 1.69. The molecule has 1 aromatic carbocycles. The minimum atomic E-state index is -1.06. The van der Waals surface area contributed by atoms with Crippen molar-refractivity contribution in [1.82, 2.24) is 19.9 Å². The molecule has 0 spiro atoms. The number of anilines is 2. The summed E-state index contributed by atoms with van der Waals surface area (Å²) in [4.78, 5) is 31.6. The van der Waals surface area contributed by atoms with E-state index in [1.54, 1.807) is 12.1 Å². The molecule has 3 heterocycles. The minimum Gasteiger partial charge on any atom is -0.482 e. The third-order valence-electron chi connectivity index (χ3n) is 5.77. The zero-order chi connectivity index (χ0) is 25.1. The smallest absolute Gasteiger partial charge is 0.341 e. The van der Waals surface area contributed by atoms with Gasteiger partial charge in [-0.15, -0.1) is 0 Å². The maximum absolute atomic E-state index is 12.9. The highest BCUT2D eigenvalue weighted by Gasteiger charge is 2.29. The van der Waals surface area contributed by atoms with Crippen molar-refractivity contribution in [3.63, 3.8) is 0 Å². The Hall–Kier alpha value is -3.64. The van der Waals surface area contributed by atoms with Crippen LogP contribution in [0.15, 0.2) is 18.2 Å². The van der Waals surface area contributed by atoms with Gasteiger partial charge in [-0.25, -0.2) is 23.9 Å². The molecule has 3 aromatic rings. The molecule has 2 aromatic heterocycles. The number of nitrogens with zero attached hydrogens (tertiary/aromatic N) is 4. The Bertz CT molecular complexity index is 1270. The molecule has 1 amide bonds. The van der Waals surface area contributed by atoms with Crippen molar-refractivity contribution in [2.75, 3.05) is 24.7 Å². The number of halogens is 1. The van der Waals surface area contributed by atoms with E-state index in [-0.39, 0.29) is 35.1 Å². The van der Waals surface area contributed by atoms with E-state index in [0.29, 0.717) is 25.4 Å². The molecule has 12 nitrogen and oxygen atoms in total. The Morgan fingerprint density at radius 2 is 2.14 bits per heavy atom. The van der Waals surface area contributed by atoms with Gasteiger partial charge in [0.2, 0.25) is 0 Å². The number of amides is 1. The molecule has 0 saturated carbocycles. The lowest BCUT2D eigenvalue weighted by Crippen LogP contribution is -2.41. The first-order valence-corrected chi connectivity index (χ1v) is 11.5. The Kier molecular flexibility index (Phi) is 7.22. The normalized spacial score (nSPS) is 15.4. The monoisotopic (exact) mass is 504 g/mol. The zero-order valence-electron chi connectivity index (χ0n) is 19.2. The summed E-state index contributed by atoms with van der Waals surface area (Å²) in [6, 6.07) is 5.40. The van der Waals surface area contributed by atoms with Crippen LogP contribution in [0.5, 0.6) is 5.75 Å². The summed E-state index contributed by atoms with van der Waals surface area (Å²) in [6.45, 7) is 3.60. The van der Waals surface area contributed by atoms with Gasteiger partial charge in [0.25, 0.3) is 11.7 Å². The van der Waals surface area contributed by atoms with Crippen LogP contribution in [0.2, 0.25) is 5.15 Å². The van der Waals surface area contributed by atoms with Gasteiger partial charge in [0, 0.05) is 12.7 Å². The molecule has 0 aliphatic carbocycles. The molecule has 1 atom stereocenters. The van der Waals surface area contributed by atoms with Crippen LogP contribution in [0.1, 0.15) is 36.1 Å². The van der Waals surface area contributed by atoms with Crippen LogP contribution in [-0.4, -0.2) is 50.8 Å². The number of carboxylic acids is 1. The number of hydrogen-bond acceptors (Lipinski definition) is 8. The number of aryl methyl sites for hydroxylation is 1. The zero-order valence-corrected chi connectivity index (χ0v) is 19.9. The van der Waals surface area contributed by atoms with Crippen LogP contribution in [0, 0.1) is 0 Å². The van der Waals surface area contributed by atoms with Crippen molar-refractivity contribution >= 4 is 46.1 Å². The van der Waals surface area contributed by atoms with Crippen molar-refractivity contribution in [2.24, 2.45) is 0 Å². The van der Waals surface area contributed by atoms with E-state index in [1.807, 2.05) is 13.0 Å². The topological polar surface area (TPSA) is 171 Å². The molecular weight excluding hydrogens is 478 g/mol. The molecule has 6 N–H and O–H groups in total. The van der Waals surface area contributed by atoms with Gasteiger partial charge in [-0.2, -0.15) is 0 Å². The molecule has 0 bridgehead atoms. The predicted molar refractivity (Wildman–Crippen MR) is 127 cm³/mol. The molecule has 186 valence electrons. The van der Waals surface area contributed by atoms with E-state index in [9.17, 15) is 9.59 Å². The van der Waals surface area contributed by atoms with Crippen LogP contribution >= 0.6 is 11.6 Å². The highest BCUT2D eigenvalue weighted by Crippen LogP contribution is 2.24. The number of fused-ring (bicyclic) bond motifs is 1. The number of benzene rings is 1. The fraction of sp³-hybridized carbons (Fsp3) is 0.409. The molecule has 1 saturated heterocycles. The molecule has 1 fully saturated rings. The van der Waals surface area contributed by atoms with Crippen LogP contribution in [0.25, 0.3) is 11.0 Å². The average Bonchev–Trinajstić information content (AvgIpc) is 3.44. The number of ether oxygens (including phenoxy) is 2. The van der Waals surface area contributed by atoms with Crippen LogP contribution in [0.4, 0.5) is 11.6 Å². The third-order valence-corrected chi connectivity index (χ3v) is 6.05. The molecule has 35 heavy (non-hydrogen) atoms. The summed E-state index contributed by atoms with van der Waals surface area (Å²) in [5, 5.41) is 11.7. The number of aliphatic carboxylic acids is 1. The number of aromatic nitrogens is 4. The summed E-state index contributed by atoms with van der Waals surface area (Å²) in [5.74, 6) is -0.523. The largest absolute Gasteiger partial charge is 0.482 e. The molecule has 0 radical (unpaired) electrons. The summed E-state index contributed by atoms with van der Waals surface area (Å²) >= 11 is 5.92. The number of nitrogens with two attached hydrogens (primary N) is 2. The maximum atomic E-state index is 12.9. The summed E-state index contributed by atoms with van der Waals surface area (Å²) in [7, 11) is 0. The van der Waals surface area contributed by atoms with Gasteiger partial charge in [0.05, 0.1) is 12.6 Å². The van der Waals surface area contributed by atoms with Gasteiger partial charge in [0.1, 0.15) is 18.8 Å². The molecule has 0 unspecified atom stereocenters. The highest BCUT2D eigenvalue weighted by molar-refractivity contribution is 6.31. The molecular formula is C22H27ClN7O5+. The first-order valence-electron chi connectivity index (χ1n) is 11.2. The summed E-state index contributed by atoms with van der Waals surface area (Å²) in [6.07, 6.45) is 1.92. The van der Waals surface area contributed by atoms with E-state index in [2.05, 4.69) is 24.4 Å². The second-order valence-electron chi connectivity index (χ2n) is 8.06. The number of nitrogens with one attached hydrogen (secondary N) is 1. The summed E-state index contributed by atoms with van der Waals surface area (Å²) < 4.78 is 15.4. The van der Waals surface area contributed by atoms with Crippen molar-refractivity contribution in [1.29, 1.82) is 0 Å². The Labute approximate surface area is 205 Å². The fourth-order valence-electron chi connectivity index (χ4n) is 4.20. The average molecular weight is 505 g/mol. The third kappa shape index (κ3) is 5.23. The van der Waals surface area contributed by atoms with Crippen molar-refractivity contribution in [3.8, 4) is 5.75 Å². The molecule has 4 rings (SSSR count). The van der Waals surface area contributed by atoms with Gasteiger partial charge in [0.15, 0.2) is 40.1 Å². The quantitative estimate of drug-likeness (QED) is 0.311. The first kappa shape index (κ1) is 24.5. The molecule has 1 aliphatic heterocycles. The SMILES string of the molecule is CC[n+]1c(CNC(=O)c2nc(Cl)c(N)nc2N)n(C[C@@H]2CCCO2)c2cc(OCC(=O)O)ccc21. The van der Waals surface area contributed by atoms with Gasteiger partial charge in [-0.05, 0) is 31.9 Å². The summed E-state index contributed by atoms with van der Waals surface area (Å²) in [5.41, 5.74) is 13.1. The van der Waals surface area contributed by atoms with E-state index >= 15 is 0 Å². The second kappa shape index (κ2) is 10.3. The fourth-order valence-corrected chi connectivity index (χ4v) is 4.32. The second-order valence-corrected chi connectivity index (χ2v) is 8.41. The van der Waals surface area contributed by atoms with Crippen LogP contribution < -0.4 is 26.1 Å². The van der Waals surface area contributed by atoms with Crippen molar-refractivity contribution < 1.29 is 28.7 Å². The number of carboxylic acid groups (broad SMARTS) is 1. The minimum absolute atomic E-state index is 0.0198. The highest BCUT2D eigenvalue weighted by atomic mass is 35.5. The lowest BCUT2D eigenvalue weighted by molar-refractivity contribution is -0.676. The Morgan fingerprint density at radius 1 is 1.34 bits per heavy atom. The number of hydrogen-bond donors (Lipinski definition) is 4. The van der Waals surface area contributed by atoms with Gasteiger partial charge < -0.3 is 31.4 Å². The van der Waals surface area contributed by atoms with Crippen molar-refractivity contribution in [2.45, 2.75) is 45.5 Å². The number of imidazole rings is 1. The van der Waals surface area contributed by atoms with E-state index in [0.717, 1.165) is 29.7 Å². The number of rotatable bonds is 9. The lowest BCUT2D eigenvalue weighted by atomic mass is 10.2. The van der Waals surface area contributed by atoms with E-state index < -0.39 is 18.5 Å². The Morgan fingerprint density at radius 3 is 2.83 bits per heavy atom. The van der Waals surface area contributed by atoms with E-state index in [1.165, 1.54) is 0 Å². The lowest BCUT2D eigenvalue weighted by Gasteiger charge is -2.11.